The Bertz CT molecular complexity index is 381. The van der Waals surface area contributed by atoms with Crippen LogP contribution in [-0.4, -0.2) is 27.9 Å². The van der Waals surface area contributed by atoms with Gasteiger partial charge in [-0.15, -0.1) is 0 Å². The summed E-state index contributed by atoms with van der Waals surface area (Å²) < 4.78 is 14.5. The third-order valence-electron chi connectivity index (χ3n) is 3.33. The average Bonchev–Trinajstić information content (AvgIpc) is 2.54. The zero-order valence-electron chi connectivity index (χ0n) is 10.2. The van der Waals surface area contributed by atoms with Crippen molar-refractivity contribution in [2.24, 2.45) is 7.05 Å². The van der Waals surface area contributed by atoms with E-state index in [2.05, 4.69) is 20.9 Å². The summed E-state index contributed by atoms with van der Waals surface area (Å²) in [7, 11) is 1.54. The highest BCUT2D eigenvalue weighted by Gasteiger charge is 2.52. The monoisotopic (exact) mass is 286 g/mol. The normalized spacial score (nSPS) is 22.8. The highest BCUT2D eigenvalue weighted by Crippen LogP contribution is 2.36. The van der Waals surface area contributed by atoms with E-state index in [-0.39, 0.29) is 18.3 Å². The van der Waals surface area contributed by atoms with Crippen molar-refractivity contribution in [1.29, 1.82) is 0 Å². The molecule has 0 N–H and O–H groups in total. The van der Waals surface area contributed by atoms with Gasteiger partial charge in [-0.25, -0.2) is 4.98 Å². The topological polar surface area (TPSA) is 36.3 Å². The number of nitrogens with zero attached hydrogens (tertiary/aromatic N) is 2. The number of hydrogen-bond donors (Lipinski definition) is 0. The maximum atomic E-state index is 5.90. The molecule has 0 unspecified atom stereocenters. The number of aromatic nitrogens is 2. The quantitative estimate of drug-likeness (QED) is 0.734. The van der Waals surface area contributed by atoms with Gasteiger partial charge in [0.15, 0.2) is 4.73 Å². The fourth-order valence-electron chi connectivity index (χ4n) is 1.54. The SMILES string of the molecule is Cn1cc(B2OC(C)(C)C(C)(C)O2)nc1Br. The molecule has 0 atom stereocenters. The zero-order valence-corrected chi connectivity index (χ0v) is 11.8. The van der Waals surface area contributed by atoms with E-state index in [4.69, 9.17) is 9.31 Å². The Morgan fingerprint density at radius 3 is 2.12 bits per heavy atom. The summed E-state index contributed by atoms with van der Waals surface area (Å²) in [6.45, 7) is 8.13. The summed E-state index contributed by atoms with van der Waals surface area (Å²) in [6, 6.07) is 0. The number of halogens is 1. The number of aryl methyl sites for hydroxylation is 1. The molecule has 1 aliphatic heterocycles. The third-order valence-corrected chi connectivity index (χ3v) is 4.07. The van der Waals surface area contributed by atoms with Gasteiger partial charge in [-0.05, 0) is 43.6 Å². The minimum absolute atomic E-state index is 0.318. The van der Waals surface area contributed by atoms with E-state index >= 15 is 0 Å². The molecule has 1 aromatic rings. The van der Waals surface area contributed by atoms with E-state index in [1.807, 2.05) is 45.5 Å². The fraction of sp³-hybridized carbons (Fsp3) is 0.700. The standard InChI is InChI=1S/C10H16BBrN2O2/c1-9(2)10(3,4)16-11(15-9)7-6-14(5)8(12)13-7/h6H,1-5H3. The first kappa shape index (κ1) is 12.1. The van der Waals surface area contributed by atoms with Crippen molar-refractivity contribution in [3.63, 3.8) is 0 Å². The van der Waals surface area contributed by atoms with E-state index in [0.717, 1.165) is 10.3 Å². The molecule has 0 amide bonds. The molecule has 0 aliphatic carbocycles. The third kappa shape index (κ3) is 1.83. The Labute approximate surface area is 105 Å². The van der Waals surface area contributed by atoms with E-state index in [0.29, 0.717) is 0 Å². The molecule has 0 aromatic carbocycles. The van der Waals surface area contributed by atoms with Crippen molar-refractivity contribution in [3.05, 3.63) is 10.9 Å². The van der Waals surface area contributed by atoms with Gasteiger partial charge in [-0.3, -0.25) is 0 Å². The Morgan fingerprint density at radius 1 is 1.25 bits per heavy atom. The van der Waals surface area contributed by atoms with Crippen molar-refractivity contribution in [1.82, 2.24) is 9.55 Å². The maximum Gasteiger partial charge on any atom is 0.516 e. The molecule has 88 valence electrons. The van der Waals surface area contributed by atoms with Crippen LogP contribution in [0.3, 0.4) is 0 Å². The van der Waals surface area contributed by atoms with Gasteiger partial charge in [-0.1, -0.05) is 0 Å². The molecule has 16 heavy (non-hydrogen) atoms. The predicted molar refractivity (Wildman–Crippen MR) is 66.6 cm³/mol. The molecule has 2 heterocycles. The fourth-order valence-corrected chi connectivity index (χ4v) is 1.85. The first-order valence-corrected chi connectivity index (χ1v) is 6.07. The molecule has 0 spiro atoms. The van der Waals surface area contributed by atoms with E-state index < -0.39 is 0 Å². The van der Waals surface area contributed by atoms with Gasteiger partial charge < -0.3 is 13.9 Å². The molecule has 2 rings (SSSR count). The van der Waals surface area contributed by atoms with E-state index in [9.17, 15) is 0 Å². The lowest BCUT2D eigenvalue weighted by Crippen LogP contribution is -2.41. The lowest BCUT2D eigenvalue weighted by Gasteiger charge is -2.32. The van der Waals surface area contributed by atoms with Crippen LogP contribution in [0.4, 0.5) is 0 Å². The van der Waals surface area contributed by atoms with Crippen LogP contribution in [0.25, 0.3) is 0 Å². The van der Waals surface area contributed by atoms with Crippen LogP contribution in [0.2, 0.25) is 0 Å². The smallest absolute Gasteiger partial charge is 0.398 e. The van der Waals surface area contributed by atoms with Crippen molar-refractivity contribution in [2.75, 3.05) is 0 Å². The molecular weight excluding hydrogens is 271 g/mol. The Kier molecular flexibility index (Phi) is 2.72. The lowest BCUT2D eigenvalue weighted by molar-refractivity contribution is 0.00578. The molecule has 1 fully saturated rings. The summed E-state index contributed by atoms with van der Waals surface area (Å²) >= 11 is 3.36. The minimum Gasteiger partial charge on any atom is -0.398 e. The van der Waals surface area contributed by atoms with Gasteiger partial charge in [0.25, 0.3) is 0 Å². The maximum absolute atomic E-state index is 5.90. The van der Waals surface area contributed by atoms with Gasteiger partial charge in [0.05, 0.1) is 16.8 Å². The van der Waals surface area contributed by atoms with Crippen LogP contribution < -0.4 is 5.59 Å². The number of rotatable bonds is 1. The Hall–Kier alpha value is -0.325. The van der Waals surface area contributed by atoms with Crippen LogP contribution in [0, 0.1) is 0 Å². The summed E-state index contributed by atoms with van der Waals surface area (Å²) in [5.41, 5.74) is 0.164. The zero-order chi connectivity index (χ0) is 12.1. The number of imidazole rings is 1. The highest BCUT2D eigenvalue weighted by atomic mass is 79.9. The Balaban J connectivity index is 2.27. The summed E-state index contributed by atoms with van der Waals surface area (Å²) in [4.78, 5) is 4.35. The summed E-state index contributed by atoms with van der Waals surface area (Å²) in [5, 5.41) is 0. The first-order valence-electron chi connectivity index (χ1n) is 5.27. The predicted octanol–water partition coefficient (Wildman–Crippen LogP) is 1.48. The molecular formula is C10H16BBrN2O2. The first-order chi connectivity index (χ1) is 7.23. The minimum atomic E-state index is -0.387. The van der Waals surface area contributed by atoms with Gasteiger partial charge in [0.2, 0.25) is 0 Å². The molecule has 1 saturated heterocycles. The van der Waals surface area contributed by atoms with Crippen LogP contribution in [0.1, 0.15) is 27.7 Å². The molecule has 0 saturated carbocycles. The number of hydrogen-bond acceptors (Lipinski definition) is 3. The molecule has 0 radical (unpaired) electrons. The van der Waals surface area contributed by atoms with E-state index in [1.54, 1.807) is 0 Å². The van der Waals surface area contributed by atoms with Crippen molar-refractivity contribution < 1.29 is 9.31 Å². The van der Waals surface area contributed by atoms with Crippen LogP contribution in [0.15, 0.2) is 10.9 Å². The molecule has 0 bridgehead atoms. The van der Waals surface area contributed by atoms with Crippen LogP contribution in [-0.2, 0) is 16.4 Å². The van der Waals surface area contributed by atoms with Crippen LogP contribution in [0.5, 0.6) is 0 Å². The van der Waals surface area contributed by atoms with E-state index in [1.165, 1.54) is 0 Å². The summed E-state index contributed by atoms with van der Waals surface area (Å²) in [5.74, 6) is 0. The lowest BCUT2D eigenvalue weighted by atomic mass is 9.86. The second-order valence-corrected chi connectivity index (χ2v) is 5.84. The van der Waals surface area contributed by atoms with Gasteiger partial charge in [0.1, 0.15) is 0 Å². The molecule has 4 nitrogen and oxygen atoms in total. The van der Waals surface area contributed by atoms with Crippen LogP contribution >= 0.6 is 15.9 Å². The second-order valence-electron chi connectivity index (χ2n) is 5.13. The van der Waals surface area contributed by atoms with Gasteiger partial charge in [0, 0.05) is 13.2 Å². The molecule has 6 heteroatoms. The Morgan fingerprint density at radius 2 is 1.75 bits per heavy atom. The van der Waals surface area contributed by atoms with Gasteiger partial charge >= 0.3 is 7.12 Å². The second kappa shape index (κ2) is 3.58. The largest absolute Gasteiger partial charge is 0.516 e. The van der Waals surface area contributed by atoms with Crippen molar-refractivity contribution >= 4 is 28.6 Å². The van der Waals surface area contributed by atoms with Gasteiger partial charge in [-0.2, -0.15) is 0 Å². The molecule has 1 aromatic heterocycles. The summed E-state index contributed by atoms with van der Waals surface area (Å²) in [6.07, 6.45) is 1.91. The highest BCUT2D eigenvalue weighted by molar-refractivity contribution is 9.10. The molecule has 1 aliphatic rings. The van der Waals surface area contributed by atoms with Crippen molar-refractivity contribution in [3.8, 4) is 0 Å². The average molecular weight is 287 g/mol. The van der Waals surface area contributed by atoms with Crippen molar-refractivity contribution in [2.45, 2.75) is 38.9 Å².